The SMILES string of the molecule is CC.CC(=O)NC[C@H]1CCN(c2ccc(OC3CCNC3)c(F)c2)C(=O)O1. The molecule has 2 N–H and O–H groups in total. The predicted octanol–water partition coefficient (Wildman–Crippen LogP) is 2.44. The molecule has 1 aromatic carbocycles. The van der Waals surface area contributed by atoms with Crippen molar-refractivity contribution in [2.24, 2.45) is 0 Å². The van der Waals surface area contributed by atoms with Crippen LogP contribution in [0.25, 0.3) is 0 Å². The molecule has 1 aromatic rings. The van der Waals surface area contributed by atoms with Gasteiger partial charge >= 0.3 is 6.09 Å². The molecule has 3 rings (SSSR count). The molecule has 1 unspecified atom stereocenters. The number of ether oxygens (including phenoxy) is 2. The second-order valence-electron chi connectivity index (χ2n) is 6.23. The van der Waals surface area contributed by atoms with Gasteiger partial charge in [0.15, 0.2) is 11.6 Å². The van der Waals surface area contributed by atoms with E-state index in [9.17, 15) is 14.0 Å². The molecule has 150 valence electrons. The summed E-state index contributed by atoms with van der Waals surface area (Å²) in [6.07, 6.45) is 0.453. The lowest BCUT2D eigenvalue weighted by Gasteiger charge is -2.32. The molecule has 2 saturated heterocycles. The van der Waals surface area contributed by atoms with Crippen LogP contribution < -0.4 is 20.3 Å². The van der Waals surface area contributed by atoms with Crippen LogP contribution >= 0.6 is 0 Å². The minimum Gasteiger partial charge on any atom is -0.486 e. The first kappa shape index (κ1) is 21.0. The number of amides is 2. The molecule has 2 atom stereocenters. The van der Waals surface area contributed by atoms with Crippen molar-refractivity contribution in [3.05, 3.63) is 24.0 Å². The first-order valence-electron chi connectivity index (χ1n) is 9.42. The van der Waals surface area contributed by atoms with Gasteiger partial charge in [0, 0.05) is 32.5 Å². The van der Waals surface area contributed by atoms with Crippen molar-refractivity contribution >= 4 is 17.7 Å². The fourth-order valence-corrected chi connectivity index (χ4v) is 2.93. The number of hydrogen-bond acceptors (Lipinski definition) is 5. The van der Waals surface area contributed by atoms with Gasteiger partial charge in [-0.15, -0.1) is 0 Å². The van der Waals surface area contributed by atoms with Gasteiger partial charge in [-0.25, -0.2) is 9.18 Å². The molecule has 2 heterocycles. The monoisotopic (exact) mass is 381 g/mol. The topological polar surface area (TPSA) is 79.9 Å². The summed E-state index contributed by atoms with van der Waals surface area (Å²) in [5, 5.41) is 5.78. The summed E-state index contributed by atoms with van der Waals surface area (Å²) in [7, 11) is 0. The number of carbonyl (C=O) groups excluding carboxylic acids is 2. The highest BCUT2D eigenvalue weighted by molar-refractivity contribution is 5.88. The zero-order valence-corrected chi connectivity index (χ0v) is 16.1. The smallest absolute Gasteiger partial charge is 0.414 e. The first-order chi connectivity index (χ1) is 13.0. The van der Waals surface area contributed by atoms with Gasteiger partial charge in [-0.2, -0.15) is 0 Å². The molecule has 0 aromatic heterocycles. The summed E-state index contributed by atoms with van der Waals surface area (Å²) < 4.78 is 25.2. The van der Waals surface area contributed by atoms with Crippen molar-refractivity contribution in [1.29, 1.82) is 0 Å². The van der Waals surface area contributed by atoms with Crippen LogP contribution in [0.2, 0.25) is 0 Å². The summed E-state index contributed by atoms with van der Waals surface area (Å²) in [6.45, 7) is 7.66. The minimum atomic E-state index is -0.547. The zero-order chi connectivity index (χ0) is 19.8. The Morgan fingerprint density at radius 3 is 2.78 bits per heavy atom. The zero-order valence-electron chi connectivity index (χ0n) is 16.1. The summed E-state index contributed by atoms with van der Waals surface area (Å²) in [5.74, 6) is -0.488. The quantitative estimate of drug-likeness (QED) is 0.819. The molecule has 0 aliphatic carbocycles. The number of halogens is 1. The Morgan fingerprint density at radius 2 is 2.19 bits per heavy atom. The molecule has 8 heteroatoms. The average molecular weight is 381 g/mol. The highest BCUT2D eigenvalue weighted by Crippen LogP contribution is 2.27. The van der Waals surface area contributed by atoms with Crippen LogP contribution in [0.1, 0.15) is 33.6 Å². The van der Waals surface area contributed by atoms with Gasteiger partial charge in [-0.05, 0) is 25.1 Å². The molecule has 0 radical (unpaired) electrons. The Hall–Kier alpha value is -2.35. The Morgan fingerprint density at radius 1 is 1.41 bits per heavy atom. The van der Waals surface area contributed by atoms with E-state index in [2.05, 4.69) is 10.6 Å². The van der Waals surface area contributed by atoms with Crippen molar-refractivity contribution in [1.82, 2.24) is 10.6 Å². The maximum atomic E-state index is 14.3. The Kier molecular flexibility index (Phi) is 7.84. The summed E-state index contributed by atoms with van der Waals surface area (Å²) in [6, 6.07) is 4.48. The van der Waals surface area contributed by atoms with Gasteiger partial charge in [-0.1, -0.05) is 13.8 Å². The molecule has 2 aliphatic rings. The van der Waals surface area contributed by atoms with Gasteiger partial charge in [0.05, 0.1) is 12.2 Å². The number of cyclic esters (lactones) is 1. The number of nitrogens with zero attached hydrogens (tertiary/aromatic N) is 1. The summed E-state index contributed by atoms with van der Waals surface area (Å²) in [5.41, 5.74) is 0.428. The summed E-state index contributed by atoms with van der Waals surface area (Å²) >= 11 is 0. The number of carbonyl (C=O) groups is 2. The molecular weight excluding hydrogens is 353 g/mol. The maximum absolute atomic E-state index is 14.3. The van der Waals surface area contributed by atoms with E-state index in [1.807, 2.05) is 13.8 Å². The largest absolute Gasteiger partial charge is 0.486 e. The minimum absolute atomic E-state index is 0.0326. The van der Waals surface area contributed by atoms with Crippen LogP contribution in [0, 0.1) is 5.82 Å². The van der Waals surface area contributed by atoms with Crippen molar-refractivity contribution in [2.75, 3.05) is 31.1 Å². The number of hydrogen-bond donors (Lipinski definition) is 2. The molecule has 7 nitrogen and oxygen atoms in total. The van der Waals surface area contributed by atoms with Gasteiger partial charge in [0.2, 0.25) is 5.91 Å². The highest BCUT2D eigenvalue weighted by Gasteiger charge is 2.29. The second kappa shape index (κ2) is 10.1. The highest BCUT2D eigenvalue weighted by atomic mass is 19.1. The molecule has 27 heavy (non-hydrogen) atoms. The van der Waals surface area contributed by atoms with E-state index < -0.39 is 11.9 Å². The lowest BCUT2D eigenvalue weighted by atomic mass is 10.2. The lowest BCUT2D eigenvalue weighted by Crippen LogP contribution is -2.46. The maximum Gasteiger partial charge on any atom is 0.414 e. The van der Waals surface area contributed by atoms with Crippen molar-refractivity contribution < 1.29 is 23.5 Å². The average Bonchev–Trinajstić information content (AvgIpc) is 3.17. The van der Waals surface area contributed by atoms with Crippen LogP contribution in [0.15, 0.2) is 18.2 Å². The van der Waals surface area contributed by atoms with E-state index in [1.165, 1.54) is 17.9 Å². The van der Waals surface area contributed by atoms with Gasteiger partial charge in [-0.3, -0.25) is 9.69 Å². The summed E-state index contributed by atoms with van der Waals surface area (Å²) in [4.78, 5) is 24.5. The predicted molar refractivity (Wildman–Crippen MR) is 101 cm³/mol. The molecule has 0 spiro atoms. The van der Waals surface area contributed by atoms with E-state index in [0.29, 0.717) is 25.2 Å². The third kappa shape index (κ3) is 5.82. The van der Waals surface area contributed by atoms with Crippen molar-refractivity contribution in [2.45, 2.75) is 45.8 Å². The van der Waals surface area contributed by atoms with E-state index in [-0.39, 0.29) is 30.4 Å². The first-order valence-corrected chi connectivity index (χ1v) is 9.42. The van der Waals surface area contributed by atoms with Crippen molar-refractivity contribution in [3.63, 3.8) is 0 Å². The number of benzene rings is 1. The van der Waals surface area contributed by atoms with Crippen molar-refractivity contribution in [3.8, 4) is 5.75 Å². The van der Waals surface area contributed by atoms with Crippen LogP contribution in [0.3, 0.4) is 0 Å². The number of rotatable bonds is 5. The van der Waals surface area contributed by atoms with Gasteiger partial charge < -0.3 is 20.1 Å². The fraction of sp³-hybridized carbons (Fsp3) is 0.579. The third-order valence-electron chi connectivity index (χ3n) is 4.28. The Balaban J connectivity index is 0.00000126. The molecule has 2 fully saturated rings. The standard InChI is InChI=1S/C17H22FN3O4.C2H6/c1-11(22)20-10-14-5-7-21(17(23)25-14)12-2-3-16(15(18)8-12)24-13-4-6-19-9-13;1-2/h2-3,8,13-14,19H,4-7,9-10H2,1H3,(H,20,22);1-2H3/t13?,14-;/m1./s1. The normalized spacial score (nSPS) is 21.8. The molecule has 2 amide bonds. The van der Waals surface area contributed by atoms with E-state index in [1.54, 1.807) is 12.1 Å². The molecule has 2 aliphatic heterocycles. The van der Waals surface area contributed by atoms with E-state index >= 15 is 0 Å². The molecular formula is C19H28FN3O4. The van der Waals surface area contributed by atoms with Gasteiger partial charge in [0.25, 0.3) is 0 Å². The van der Waals surface area contributed by atoms with Crippen LogP contribution in [0.4, 0.5) is 14.9 Å². The van der Waals surface area contributed by atoms with Crippen LogP contribution in [0.5, 0.6) is 5.75 Å². The molecule has 0 bridgehead atoms. The lowest BCUT2D eigenvalue weighted by molar-refractivity contribution is -0.119. The van der Waals surface area contributed by atoms with Gasteiger partial charge in [0.1, 0.15) is 12.2 Å². The van der Waals surface area contributed by atoms with E-state index in [0.717, 1.165) is 13.0 Å². The Labute approximate surface area is 159 Å². The van der Waals surface area contributed by atoms with Crippen LogP contribution in [-0.4, -0.2) is 50.4 Å². The fourth-order valence-electron chi connectivity index (χ4n) is 2.93. The third-order valence-corrected chi connectivity index (χ3v) is 4.28. The number of nitrogens with one attached hydrogen (secondary N) is 2. The number of anilines is 1. The Bertz CT molecular complexity index is 650. The van der Waals surface area contributed by atoms with Crippen LogP contribution in [-0.2, 0) is 9.53 Å². The molecule has 0 saturated carbocycles. The van der Waals surface area contributed by atoms with E-state index in [4.69, 9.17) is 9.47 Å². The second-order valence-corrected chi connectivity index (χ2v) is 6.23.